The van der Waals surface area contributed by atoms with E-state index in [0.29, 0.717) is 18.5 Å². The number of hydrogen-bond acceptors (Lipinski definition) is 8. The number of ether oxygens (including phenoxy) is 3. The Morgan fingerprint density at radius 1 is 0.780 bits per heavy atom. The molecule has 6 rings (SSSR count). The molecule has 2 heterocycles. The fraction of sp³-hybridized carbons (Fsp3) is 0.350. The Hall–Kier alpha value is -4.58. The number of benzene rings is 4. The fourth-order valence-corrected chi connectivity index (χ4v) is 6.53. The van der Waals surface area contributed by atoms with Gasteiger partial charge >= 0.3 is 12.0 Å². The third-order valence-electron chi connectivity index (χ3n) is 9.31. The molecule has 2 aliphatic heterocycles. The van der Waals surface area contributed by atoms with Crippen molar-refractivity contribution in [3.8, 4) is 0 Å². The molecule has 0 bridgehead atoms. The maximum absolute atomic E-state index is 12.9. The molecule has 3 N–H and O–H groups in total. The largest absolute Gasteiger partial charge is 0.467 e. The van der Waals surface area contributed by atoms with Crippen LogP contribution in [0.3, 0.4) is 0 Å². The van der Waals surface area contributed by atoms with E-state index in [1.807, 2.05) is 66.7 Å². The van der Waals surface area contributed by atoms with Crippen LogP contribution >= 0.6 is 0 Å². The van der Waals surface area contributed by atoms with Crippen molar-refractivity contribution in [2.75, 3.05) is 45.2 Å². The molecule has 2 fully saturated rings. The first kappa shape index (κ1) is 35.3. The summed E-state index contributed by atoms with van der Waals surface area (Å²) in [5.41, 5.74) is 5.53. The second-order valence-corrected chi connectivity index (χ2v) is 12.9. The molecule has 0 unspecified atom stereocenters. The smallest absolute Gasteiger partial charge is 0.328 e. The molecule has 10 nitrogen and oxygen atoms in total. The molecular formula is C40H46N4O6. The Labute approximate surface area is 294 Å². The summed E-state index contributed by atoms with van der Waals surface area (Å²) in [4.78, 5) is 30.3. The Morgan fingerprint density at radius 3 is 2.04 bits per heavy atom. The van der Waals surface area contributed by atoms with E-state index in [0.717, 1.165) is 61.5 Å². The number of methoxy groups -OCH3 is 1. The van der Waals surface area contributed by atoms with Gasteiger partial charge in [0.15, 0.2) is 6.29 Å². The van der Waals surface area contributed by atoms with Crippen LogP contribution in [0.1, 0.15) is 46.6 Å². The Kier molecular flexibility index (Phi) is 12.3. The first-order valence-corrected chi connectivity index (χ1v) is 17.2. The molecule has 2 saturated heterocycles. The van der Waals surface area contributed by atoms with Crippen LogP contribution in [0.2, 0.25) is 0 Å². The third kappa shape index (κ3) is 9.77. The number of anilines is 1. The number of amides is 2. The number of carbonyl (C=O) groups excluding carboxylic acids is 2. The van der Waals surface area contributed by atoms with Crippen LogP contribution in [0.4, 0.5) is 10.5 Å². The summed E-state index contributed by atoms with van der Waals surface area (Å²) in [6.45, 7) is 5.70. The number of aliphatic hydroxyl groups excluding tert-OH is 1. The number of carbonyl (C=O) groups is 2. The van der Waals surface area contributed by atoms with Crippen LogP contribution in [-0.2, 0) is 38.6 Å². The maximum atomic E-state index is 12.9. The van der Waals surface area contributed by atoms with Gasteiger partial charge in [0.05, 0.1) is 25.9 Å². The monoisotopic (exact) mass is 678 g/mol. The van der Waals surface area contributed by atoms with Crippen LogP contribution in [0.5, 0.6) is 0 Å². The highest BCUT2D eigenvalue weighted by Crippen LogP contribution is 2.38. The summed E-state index contributed by atoms with van der Waals surface area (Å²) in [7, 11) is 1.31. The van der Waals surface area contributed by atoms with Gasteiger partial charge < -0.3 is 30.0 Å². The van der Waals surface area contributed by atoms with Crippen molar-refractivity contribution in [1.29, 1.82) is 0 Å². The van der Waals surface area contributed by atoms with E-state index in [4.69, 9.17) is 14.2 Å². The number of aliphatic hydroxyl groups is 1. The highest BCUT2D eigenvalue weighted by atomic mass is 16.7. The number of nitrogens with zero attached hydrogens (tertiary/aromatic N) is 2. The SMILES string of the molecule is COC(=O)[C@H](Cc1ccccc1)NC(=O)Nc1ccc([C@@H]2O[C@H](CN3CCN(Cc4ccccc4)CC3)C[C@H](c3ccc(CO)cc3)O2)cc1. The zero-order valence-corrected chi connectivity index (χ0v) is 28.4. The molecule has 0 spiro atoms. The van der Waals surface area contributed by atoms with Crippen molar-refractivity contribution in [3.05, 3.63) is 137 Å². The van der Waals surface area contributed by atoms with Gasteiger partial charge in [-0.1, -0.05) is 97.1 Å². The number of rotatable bonds is 12. The summed E-state index contributed by atoms with van der Waals surface area (Å²) in [5.74, 6) is -0.518. The molecule has 4 atom stereocenters. The number of urea groups is 1. The topological polar surface area (TPSA) is 113 Å². The van der Waals surface area contributed by atoms with Crippen LogP contribution in [0.15, 0.2) is 109 Å². The number of esters is 1. The zero-order chi connectivity index (χ0) is 34.7. The van der Waals surface area contributed by atoms with Crippen molar-refractivity contribution < 1.29 is 28.9 Å². The standard InChI is InChI=1S/C40H46N4O6/c1-48-38(46)36(24-29-8-4-2-5-9-29)42-40(47)41-34-18-16-33(17-19-34)39-49-35(25-37(50-39)32-14-12-31(28-45)13-15-32)27-44-22-20-43(21-23-44)26-30-10-6-3-7-11-30/h2-19,35-37,39,45H,20-28H2,1H3,(H2,41,42,47)/t35-,36-,37+,39+/m0/s1. The highest BCUT2D eigenvalue weighted by molar-refractivity contribution is 5.92. The van der Waals surface area contributed by atoms with Gasteiger partial charge in [-0.05, 0) is 34.4 Å². The van der Waals surface area contributed by atoms with Gasteiger partial charge in [0.25, 0.3) is 0 Å². The molecular weight excluding hydrogens is 632 g/mol. The van der Waals surface area contributed by atoms with Gasteiger partial charge in [0.1, 0.15) is 6.04 Å². The Morgan fingerprint density at radius 2 is 1.40 bits per heavy atom. The predicted octanol–water partition coefficient (Wildman–Crippen LogP) is 5.45. The van der Waals surface area contributed by atoms with Gasteiger partial charge in [-0.2, -0.15) is 0 Å². The average Bonchev–Trinajstić information content (AvgIpc) is 3.16. The van der Waals surface area contributed by atoms with Crippen molar-refractivity contribution in [2.45, 2.75) is 50.5 Å². The van der Waals surface area contributed by atoms with E-state index in [-0.39, 0.29) is 18.8 Å². The van der Waals surface area contributed by atoms with Crippen molar-refractivity contribution in [1.82, 2.24) is 15.1 Å². The Bertz CT molecular complexity index is 1650. The lowest BCUT2D eigenvalue weighted by atomic mass is 9.99. The zero-order valence-electron chi connectivity index (χ0n) is 28.4. The van der Waals surface area contributed by atoms with Crippen LogP contribution in [0.25, 0.3) is 0 Å². The molecule has 50 heavy (non-hydrogen) atoms. The minimum Gasteiger partial charge on any atom is -0.467 e. The van der Waals surface area contributed by atoms with Crippen LogP contribution in [-0.4, -0.2) is 78.9 Å². The molecule has 0 saturated carbocycles. The molecule has 4 aromatic carbocycles. The predicted molar refractivity (Wildman–Crippen MR) is 191 cm³/mol. The molecule has 0 aromatic heterocycles. The molecule has 2 aliphatic rings. The Balaban J connectivity index is 1.09. The van der Waals surface area contributed by atoms with Gasteiger partial charge in [-0.25, -0.2) is 9.59 Å². The lowest BCUT2D eigenvalue weighted by Crippen LogP contribution is -2.49. The summed E-state index contributed by atoms with van der Waals surface area (Å²) in [6, 6.07) is 34.0. The third-order valence-corrected chi connectivity index (χ3v) is 9.31. The highest BCUT2D eigenvalue weighted by Gasteiger charge is 2.34. The molecule has 262 valence electrons. The summed E-state index contributed by atoms with van der Waals surface area (Å²) in [5, 5.41) is 15.1. The van der Waals surface area contributed by atoms with Crippen molar-refractivity contribution >= 4 is 17.7 Å². The fourth-order valence-electron chi connectivity index (χ4n) is 6.53. The minimum atomic E-state index is -0.835. The first-order chi connectivity index (χ1) is 24.4. The van der Waals surface area contributed by atoms with Crippen LogP contribution in [0, 0.1) is 0 Å². The van der Waals surface area contributed by atoms with Gasteiger partial charge in [-0.3, -0.25) is 9.80 Å². The van der Waals surface area contributed by atoms with E-state index in [2.05, 4.69) is 50.8 Å². The van der Waals surface area contributed by atoms with Gasteiger partial charge in [0.2, 0.25) is 0 Å². The molecule has 0 aliphatic carbocycles. The van der Waals surface area contributed by atoms with Crippen LogP contribution < -0.4 is 10.6 Å². The molecule has 4 aromatic rings. The quantitative estimate of drug-likeness (QED) is 0.170. The first-order valence-electron chi connectivity index (χ1n) is 17.2. The number of nitrogens with one attached hydrogen (secondary N) is 2. The van der Waals surface area contributed by atoms with E-state index in [9.17, 15) is 14.7 Å². The number of hydrogen-bond donors (Lipinski definition) is 3. The van der Waals surface area contributed by atoms with Crippen molar-refractivity contribution in [3.63, 3.8) is 0 Å². The van der Waals surface area contributed by atoms with Crippen molar-refractivity contribution in [2.24, 2.45) is 0 Å². The second-order valence-electron chi connectivity index (χ2n) is 12.9. The lowest BCUT2D eigenvalue weighted by molar-refractivity contribution is -0.253. The number of piperazine rings is 1. The summed E-state index contributed by atoms with van der Waals surface area (Å²) >= 11 is 0. The van der Waals surface area contributed by atoms with Gasteiger partial charge in [-0.15, -0.1) is 0 Å². The van der Waals surface area contributed by atoms with E-state index >= 15 is 0 Å². The lowest BCUT2D eigenvalue weighted by Gasteiger charge is -2.40. The summed E-state index contributed by atoms with van der Waals surface area (Å²) in [6.07, 6.45) is 0.177. The van der Waals surface area contributed by atoms with Gasteiger partial charge in [0, 0.05) is 63.4 Å². The maximum Gasteiger partial charge on any atom is 0.328 e. The molecule has 2 amide bonds. The van der Waals surface area contributed by atoms with E-state index in [1.54, 1.807) is 12.1 Å². The summed E-state index contributed by atoms with van der Waals surface area (Å²) < 4.78 is 18.1. The average molecular weight is 679 g/mol. The van der Waals surface area contributed by atoms with E-state index in [1.165, 1.54) is 12.7 Å². The molecule has 10 heteroatoms. The molecule has 0 radical (unpaired) electrons. The van der Waals surface area contributed by atoms with E-state index < -0.39 is 24.3 Å². The second kappa shape index (κ2) is 17.4. The normalized spacial score (nSPS) is 20.5. The minimum absolute atomic E-state index is 0.00874.